The Hall–Kier alpha value is -0.530. The van der Waals surface area contributed by atoms with E-state index in [1.54, 1.807) is 0 Å². The van der Waals surface area contributed by atoms with Gasteiger partial charge in [-0.15, -0.1) is 12.4 Å². The van der Waals surface area contributed by atoms with E-state index in [2.05, 4.69) is 51.1 Å². The monoisotopic (exact) mass is 507 g/mol. The number of hydrogen-bond acceptors (Lipinski definition) is 1. The number of unbranched alkanes of at least 4 members (excludes halogenated alkanes) is 15. The van der Waals surface area contributed by atoms with Crippen molar-refractivity contribution >= 4 is 12.4 Å². The summed E-state index contributed by atoms with van der Waals surface area (Å²) in [6.45, 7) is 6.90. The third-order valence-corrected chi connectivity index (χ3v) is 7.98. The van der Waals surface area contributed by atoms with Crippen LogP contribution in [0.1, 0.15) is 161 Å². The molecule has 0 aliphatic rings. The maximum Gasteiger partial charge on any atom is 0.0185 e. The summed E-state index contributed by atoms with van der Waals surface area (Å²) in [6.07, 6.45) is 30.1. The van der Waals surface area contributed by atoms with E-state index in [1.165, 1.54) is 128 Å². The average molecular weight is 508 g/mol. The van der Waals surface area contributed by atoms with E-state index in [1.807, 2.05) is 0 Å². The highest BCUT2D eigenvalue weighted by molar-refractivity contribution is 5.85. The summed E-state index contributed by atoms with van der Waals surface area (Å²) in [5.74, 6) is 0.612. The molecule has 1 atom stereocenters. The Balaban J connectivity index is 0.0000116. The van der Waals surface area contributed by atoms with Crippen LogP contribution in [0, 0.1) is 5.92 Å². The van der Waals surface area contributed by atoms with Crippen molar-refractivity contribution in [1.29, 1.82) is 0 Å². The van der Waals surface area contributed by atoms with E-state index < -0.39 is 0 Å². The molecule has 0 heterocycles. The minimum Gasteiger partial charge on any atom is -0.325 e. The predicted octanol–water partition coefficient (Wildman–Crippen LogP) is 11.2. The van der Waals surface area contributed by atoms with Crippen LogP contribution in [0.15, 0.2) is 30.3 Å². The van der Waals surface area contributed by atoms with Crippen molar-refractivity contribution in [2.75, 3.05) is 0 Å². The third kappa shape index (κ3) is 17.5. The number of benzene rings is 1. The lowest BCUT2D eigenvalue weighted by Crippen LogP contribution is -2.48. The van der Waals surface area contributed by atoms with E-state index in [0.29, 0.717) is 5.92 Å². The Morgan fingerprint density at radius 2 is 0.971 bits per heavy atom. The number of hydrogen-bond donors (Lipinski definition) is 1. The number of nitrogens with two attached hydrogens (primary N) is 1. The Morgan fingerprint density at radius 3 is 1.37 bits per heavy atom. The van der Waals surface area contributed by atoms with Crippen molar-refractivity contribution in [2.24, 2.45) is 11.7 Å². The minimum absolute atomic E-state index is 0. The van der Waals surface area contributed by atoms with Crippen LogP contribution in [-0.4, -0.2) is 5.54 Å². The standard InChI is InChI=1S/C33H61N.ClH/c1-4-7-8-9-10-11-12-13-14-15-16-17-18-19-20-24-27-32(30-31-25-22-21-23-26-31)33(34,28-5-2)29-6-3;/h21-23,25-26,32H,4-20,24,27-30,34H2,1-3H3;1H. The molecule has 1 unspecified atom stereocenters. The van der Waals surface area contributed by atoms with Gasteiger partial charge >= 0.3 is 0 Å². The van der Waals surface area contributed by atoms with Gasteiger partial charge in [-0.1, -0.05) is 167 Å². The fraction of sp³-hybridized carbons (Fsp3) is 0.818. The van der Waals surface area contributed by atoms with Crippen LogP contribution >= 0.6 is 12.4 Å². The van der Waals surface area contributed by atoms with E-state index in [0.717, 1.165) is 19.3 Å². The Labute approximate surface area is 227 Å². The second kappa shape index (κ2) is 23.8. The van der Waals surface area contributed by atoms with Gasteiger partial charge in [-0.05, 0) is 37.2 Å². The van der Waals surface area contributed by atoms with Crippen molar-refractivity contribution in [3.8, 4) is 0 Å². The summed E-state index contributed by atoms with van der Waals surface area (Å²) in [5.41, 5.74) is 8.55. The molecule has 0 saturated carbocycles. The second-order valence-electron chi connectivity index (χ2n) is 11.2. The fourth-order valence-electron chi connectivity index (χ4n) is 5.89. The van der Waals surface area contributed by atoms with Crippen LogP contribution in [0.2, 0.25) is 0 Å². The smallest absolute Gasteiger partial charge is 0.0185 e. The Bertz CT molecular complexity index is 537. The van der Waals surface area contributed by atoms with Gasteiger partial charge in [0.2, 0.25) is 0 Å². The predicted molar refractivity (Wildman–Crippen MR) is 162 cm³/mol. The zero-order valence-electron chi connectivity index (χ0n) is 24.0. The first-order valence-electron chi connectivity index (χ1n) is 15.5. The Morgan fingerprint density at radius 1 is 0.571 bits per heavy atom. The van der Waals surface area contributed by atoms with Crippen LogP contribution in [0.5, 0.6) is 0 Å². The molecule has 0 saturated heterocycles. The van der Waals surface area contributed by atoms with Gasteiger partial charge in [-0.25, -0.2) is 0 Å². The van der Waals surface area contributed by atoms with Crippen molar-refractivity contribution in [3.05, 3.63) is 35.9 Å². The molecule has 0 spiro atoms. The maximum atomic E-state index is 7.08. The van der Waals surface area contributed by atoms with E-state index >= 15 is 0 Å². The third-order valence-electron chi connectivity index (χ3n) is 7.98. The molecule has 0 radical (unpaired) electrons. The van der Waals surface area contributed by atoms with Gasteiger partial charge in [0, 0.05) is 5.54 Å². The zero-order valence-corrected chi connectivity index (χ0v) is 24.8. The highest BCUT2D eigenvalue weighted by atomic mass is 35.5. The van der Waals surface area contributed by atoms with Crippen molar-refractivity contribution < 1.29 is 0 Å². The van der Waals surface area contributed by atoms with Gasteiger partial charge in [0.05, 0.1) is 0 Å². The SMILES string of the molecule is CCCCCCCCCCCCCCCCCCC(Cc1ccccc1)C(N)(CCC)CCC.Cl. The highest BCUT2D eigenvalue weighted by Gasteiger charge is 2.32. The van der Waals surface area contributed by atoms with Crippen LogP contribution in [0.4, 0.5) is 0 Å². The minimum atomic E-state index is 0. The van der Waals surface area contributed by atoms with Crippen molar-refractivity contribution in [1.82, 2.24) is 0 Å². The van der Waals surface area contributed by atoms with Gasteiger partial charge in [0.15, 0.2) is 0 Å². The summed E-state index contributed by atoms with van der Waals surface area (Å²) in [5, 5.41) is 0. The van der Waals surface area contributed by atoms with Gasteiger partial charge in [-0.2, -0.15) is 0 Å². The molecule has 1 aromatic carbocycles. The molecule has 206 valence electrons. The lowest BCUT2D eigenvalue weighted by atomic mass is 9.72. The molecule has 1 nitrogen and oxygen atoms in total. The molecule has 35 heavy (non-hydrogen) atoms. The van der Waals surface area contributed by atoms with E-state index in [4.69, 9.17) is 5.73 Å². The lowest BCUT2D eigenvalue weighted by Gasteiger charge is -2.38. The average Bonchev–Trinajstić information content (AvgIpc) is 2.84. The second-order valence-corrected chi connectivity index (χ2v) is 11.2. The molecule has 0 fully saturated rings. The van der Waals surface area contributed by atoms with Gasteiger partial charge in [-0.3, -0.25) is 0 Å². The molecule has 0 aliphatic carbocycles. The van der Waals surface area contributed by atoms with Gasteiger partial charge < -0.3 is 5.73 Å². The number of rotatable bonds is 24. The molecule has 2 heteroatoms. The quantitative estimate of drug-likeness (QED) is 0.138. The van der Waals surface area contributed by atoms with Crippen molar-refractivity contribution in [2.45, 2.75) is 168 Å². The summed E-state index contributed by atoms with van der Waals surface area (Å²) >= 11 is 0. The van der Waals surface area contributed by atoms with E-state index in [-0.39, 0.29) is 17.9 Å². The largest absolute Gasteiger partial charge is 0.325 e. The fourth-order valence-corrected chi connectivity index (χ4v) is 5.89. The van der Waals surface area contributed by atoms with Crippen molar-refractivity contribution in [3.63, 3.8) is 0 Å². The summed E-state index contributed by atoms with van der Waals surface area (Å²) in [6, 6.07) is 11.1. The molecule has 0 amide bonds. The summed E-state index contributed by atoms with van der Waals surface area (Å²) in [7, 11) is 0. The molecule has 0 aromatic heterocycles. The molecular formula is C33H62ClN. The lowest BCUT2D eigenvalue weighted by molar-refractivity contribution is 0.211. The molecule has 0 bridgehead atoms. The molecule has 0 aliphatic heterocycles. The Kier molecular flexibility index (Phi) is 23.5. The molecular weight excluding hydrogens is 446 g/mol. The molecule has 1 aromatic rings. The van der Waals surface area contributed by atoms with E-state index in [9.17, 15) is 0 Å². The first-order chi connectivity index (χ1) is 16.7. The number of halogens is 1. The molecule has 1 rings (SSSR count). The maximum absolute atomic E-state index is 7.08. The summed E-state index contributed by atoms with van der Waals surface area (Å²) in [4.78, 5) is 0. The van der Waals surface area contributed by atoms with Crippen LogP contribution < -0.4 is 5.73 Å². The highest BCUT2D eigenvalue weighted by Crippen LogP contribution is 2.33. The first kappa shape index (κ1) is 34.5. The first-order valence-corrected chi connectivity index (χ1v) is 15.5. The summed E-state index contributed by atoms with van der Waals surface area (Å²) < 4.78 is 0. The van der Waals surface area contributed by atoms with Crippen LogP contribution in [0.25, 0.3) is 0 Å². The topological polar surface area (TPSA) is 26.0 Å². The van der Waals surface area contributed by atoms with Crippen LogP contribution in [0.3, 0.4) is 0 Å². The molecule has 2 N–H and O–H groups in total. The van der Waals surface area contributed by atoms with Gasteiger partial charge in [0.25, 0.3) is 0 Å². The van der Waals surface area contributed by atoms with Gasteiger partial charge in [0.1, 0.15) is 0 Å². The normalized spacial score (nSPS) is 12.5. The van der Waals surface area contributed by atoms with Crippen LogP contribution in [-0.2, 0) is 6.42 Å². The zero-order chi connectivity index (χ0) is 24.7.